The van der Waals surface area contributed by atoms with Gasteiger partial charge in [0, 0.05) is 19.0 Å². The van der Waals surface area contributed by atoms with Crippen LogP contribution in [0.1, 0.15) is 52.4 Å². The van der Waals surface area contributed by atoms with Crippen molar-refractivity contribution in [3.05, 3.63) is 0 Å². The average molecular weight is 193 g/mol. The number of nitrogens with one attached hydrogen (secondary N) is 1. The molecule has 0 aliphatic heterocycles. The topological polar surface area (TPSA) is 12.0 Å². The molecule has 0 heterocycles. The standard InChI is InChI=1S/C13H23N/c1-3-4-8-11-14-12(2)13-9-6-5-7-10-13/h12-14H,5-11H2,1-2H3/t12-/m0/s1. The summed E-state index contributed by atoms with van der Waals surface area (Å²) in [5.74, 6) is 6.94. The molecule has 1 heteroatoms. The molecule has 0 aromatic rings. The molecule has 1 N–H and O–H groups in total. The van der Waals surface area contributed by atoms with Crippen LogP contribution in [0.2, 0.25) is 0 Å². The van der Waals surface area contributed by atoms with E-state index in [4.69, 9.17) is 0 Å². The van der Waals surface area contributed by atoms with Crippen LogP contribution in [-0.4, -0.2) is 12.6 Å². The molecule has 0 radical (unpaired) electrons. The zero-order valence-corrected chi connectivity index (χ0v) is 9.60. The van der Waals surface area contributed by atoms with Gasteiger partial charge in [-0.1, -0.05) is 19.3 Å². The van der Waals surface area contributed by atoms with Gasteiger partial charge in [-0.25, -0.2) is 0 Å². The zero-order valence-electron chi connectivity index (χ0n) is 9.60. The lowest BCUT2D eigenvalue weighted by molar-refractivity contribution is 0.283. The first-order chi connectivity index (χ1) is 6.84. The summed E-state index contributed by atoms with van der Waals surface area (Å²) in [6.45, 7) is 5.29. The van der Waals surface area contributed by atoms with E-state index in [0.717, 1.165) is 18.9 Å². The Labute approximate surface area is 88.7 Å². The molecule has 80 valence electrons. The highest BCUT2D eigenvalue weighted by molar-refractivity contribution is 4.95. The van der Waals surface area contributed by atoms with E-state index in [9.17, 15) is 0 Å². The Morgan fingerprint density at radius 2 is 2.00 bits per heavy atom. The molecule has 1 rings (SSSR count). The van der Waals surface area contributed by atoms with Crippen molar-refractivity contribution in [3.8, 4) is 11.8 Å². The van der Waals surface area contributed by atoms with Gasteiger partial charge in [-0.3, -0.25) is 0 Å². The van der Waals surface area contributed by atoms with Crippen molar-refractivity contribution in [1.82, 2.24) is 5.32 Å². The molecule has 1 atom stereocenters. The minimum absolute atomic E-state index is 0.689. The Morgan fingerprint density at radius 3 is 2.64 bits per heavy atom. The second-order valence-corrected chi connectivity index (χ2v) is 4.32. The molecule has 0 spiro atoms. The molecule has 0 saturated heterocycles. The van der Waals surface area contributed by atoms with Crippen molar-refractivity contribution < 1.29 is 0 Å². The van der Waals surface area contributed by atoms with Crippen LogP contribution in [0.4, 0.5) is 0 Å². The van der Waals surface area contributed by atoms with Crippen molar-refractivity contribution in [1.29, 1.82) is 0 Å². The summed E-state index contributed by atoms with van der Waals surface area (Å²) in [7, 11) is 0. The Morgan fingerprint density at radius 1 is 1.29 bits per heavy atom. The summed E-state index contributed by atoms with van der Waals surface area (Å²) < 4.78 is 0. The lowest BCUT2D eigenvalue weighted by atomic mass is 9.84. The largest absolute Gasteiger partial charge is 0.313 e. The lowest BCUT2D eigenvalue weighted by Gasteiger charge is -2.28. The Balaban J connectivity index is 2.12. The van der Waals surface area contributed by atoms with Gasteiger partial charge >= 0.3 is 0 Å². The normalized spacial score (nSPS) is 19.9. The summed E-state index contributed by atoms with van der Waals surface area (Å²) in [5, 5.41) is 3.58. The fourth-order valence-electron chi connectivity index (χ4n) is 2.29. The van der Waals surface area contributed by atoms with E-state index < -0.39 is 0 Å². The van der Waals surface area contributed by atoms with Gasteiger partial charge in [0.25, 0.3) is 0 Å². The van der Waals surface area contributed by atoms with E-state index in [0.29, 0.717) is 6.04 Å². The third-order valence-electron chi connectivity index (χ3n) is 3.25. The molecule has 1 fully saturated rings. The zero-order chi connectivity index (χ0) is 10.2. The first kappa shape index (κ1) is 11.6. The summed E-state index contributed by atoms with van der Waals surface area (Å²) in [6, 6.07) is 0.689. The summed E-state index contributed by atoms with van der Waals surface area (Å²) in [4.78, 5) is 0. The average Bonchev–Trinajstić information content (AvgIpc) is 2.25. The van der Waals surface area contributed by atoms with E-state index in [-0.39, 0.29) is 0 Å². The maximum absolute atomic E-state index is 3.58. The molecule has 1 saturated carbocycles. The molecule has 1 aliphatic carbocycles. The first-order valence-corrected chi connectivity index (χ1v) is 5.97. The lowest BCUT2D eigenvalue weighted by Crippen LogP contribution is -2.35. The van der Waals surface area contributed by atoms with Crippen molar-refractivity contribution in [2.45, 2.75) is 58.4 Å². The highest BCUT2D eigenvalue weighted by Gasteiger charge is 2.18. The third kappa shape index (κ3) is 4.15. The van der Waals surface area contributed by atoms with Gasteiger partial charge in [-0.2, -0.15) is 0 Å². The second-order valence-electron chi connectivity index (χ2n) is 4.32. The smallest absolute Gasteiger partial charge is 0.0214 e. The van der Waals surface area contributed by atoms with Crippen molar-refractivity contribution in [3.63, 3.8) is 0 Å². The van der Waals surface area contributed by atoms with E-state index in [2.05, 4.69) is 24.1 Å². The maximum Gasteiger partial charge on any atom is 0.0214 e. The molecule has 0 amide bonds. The van der Waals surface area contributed by atoms with Gasteiger partial charge in [0.2, 0.25) is 0 Å². The highest BCUT2D eigenvalue weighted by Crippen LogP contribution is 2.26. The minimum Gasteiger partial charge on any atom is -0.313 e. The Bertz CT molecular complexity index is 193. The number of rotatable bonds is 4. The third-order valence-corrected chi connectivity index (χ3v) is 3.25. The van der Waals surface area contributed by atoms with Gasteiger partial charge in [0.15, 0.2) is 0 Å². The van der Waals surface area contributed by atoms with Crippen LogP contribution in [0.3, 0.4) is 0 Å². The van der Waals surface area contributed by atoms with Crippen LogP contribution < -0.4 is 5.32 Å². The van der Waals surface area contributed by atoms with Crippen LogP contribution in [0.15, 0.2) is 0 Å². The first-order valence-electron chi connectivity index (χ1n) is 5.97. The minimum atomic E-state index is 0.689. The van der Waals surface area contributed by atoms with Crippen LogP contribution >= 0.6 is 0 Å². The summed E-state index contributed by atoms with van der Waals surface area (Å²) in [6.07, 6.45) is 8.16. The molecule has 0 bridgehead atoms. The number of hydrogen-bond acceptors (Lipinski definition) is 1. The summed E-state index contributed by atoms with van der Waals surface area (Å²) >= 11 is 0. The quantitative estimate of drug-likeness (QED) is 0.534. The predicted octanol–water partition coefficient (Wildman–Crippen LogP) is 2.96. The molecule has 14 heavy (non-hydrogen) atoms. The van der Waals surface area contributed by atoms with Gasteiger partial charge in [0.05, 0.1) is 0 Å². The molecular weight excluding hydrogens is 170 g/mol. The van der Waals surface area contributed by atoms with Crippen LogP contribution in [0.5, 0.6) is 0 Å². The van der Waals surface area contributed by atoms with Gasteiger partial charge in [-0.15, -0.1) is 11.8 Å². The fraction of sp³-hybridized carbons (Fsp3) is 0.846. The van der Waals surface area contributed by atoms with Crippen LogP contribution in [0.25, 0.3) is 0 Å². The van der Waals surface area contributed by atoms with Crippen LogP contribution in [0, 0.1) is 17.8 Å². The van der Waals surface area contributed by atoms with Gasteiger partial charge in [-0.05, 0) is 32.6 Å². The van der Waals surface area contributed by atoms with E-state index >= 15 is 0 Å². The summed E-state index contributed by atoms with van der Waals surface area (Å²) in [5.41, 5.74) is 0. The van der Waals surface area contributed by atoms with Crippen molar-refractivity contribution in [2.24, 2.45) is 5.92 Å². The molecular formula is C13H23N. The second kappa shape index (κ2) is 6.90. The van der Waals surface area contributed by atoms with Crippen molar-refractivity contribution in [2.75, 3.05) is 6.54 Å². The maximum atomic E-state index is 3.58. The Hall–Kier alpha value is -0.480. The molecule has 0 aromatic carbocycles. The van der Waals surface area contributed by atoms with Crippen molar-refractivity contribution >= 4 is 0 Å². The predicted molar refractivity (Wildman–Crippen MR) is 62.1 cm³/mol. The SMILES string of the molecule is CC#CCCN[C@@H](C)C1CCCCC1. The van der Waals surface area contributed by atoms with E-state index in [1.807, 2.05) is 6.92 Å². The number of hydrogen-bond donors (Lipinski definition) is 1. The highest BCUT2D eigenvalue weighted by atomic mass is 14.9. The monoisotopic (exact) mass is 193 g/mol. The Kier molecular flexibility index (Phi) is 5.71. The van der Waals surface area contributed by atoms with Gasteiger partial charge < -0.3 is 5.32 Å². The fourth-order valence-corrected chi connectivity index (χ4v) is 2.29. The molecule has 1 aliphatic rings. The van der Waals surface area contributed by atoms with E-state index in [1.165, 1.54) is 32.1 Å². The van der Waals surface area contributed by atoms with Gasteiger partial charge in [0.1, 0.15) is 0 Å². The molecule has 0 unspecified atom stereocenters. The van der Waals surface area contributed by atoms with Crippen LogP contribution in [-0.2, 0) is 0 Å². The molecule has 1 nitrogen and oxygen atoms in total. The molecule has 0 aromatic heterocycles. The van der Waals surface area contributed by atoms with E-state index in [1.54, 1.807) is 0 Å².